The fraction of sp³-hybridized carbons (Fsp3) is 0.368. The molecule has 2 atom stereocenters. The van der Waals surface area contributed by atoms with E-state index in [1.54, 1.807) is 11.1 Å². The molecule has 0 N–H and O–H groups in total. The maximum atomic E-state index is 2.52. The predicted molar refractivity (Wildman–Crippen MR) is 98.9 cm³/mol. The normalized spacial score (nSPS) is 21.9. The first kappa shape index (κ1) is 14.9. The van der Waals surface area contributed by atoms with Crippen LogP contribution in [-0.2, 0) is 17.3 Å². The van der Waals surface area contributed by atoms with Gasteiger partial charge in [-0.3, -0.25) is 0 Å². The third-order valence-corrected chi connectivity index (χ3v) is 10.9. The number of benzene rings is 2. The topological polar surface area (TPSA) is 0 Å². The van der Waals surface area contributed by atoms with Crippen LogP contribution in [0.1, 0.15) is 21.9 Å². The fourth-order valence-electron chi connectivity index (χ4n) is 3.27. The monoisotopic (exact) mass is 313 g/mol. The lowest BCUT2D eigenvalue weighted by Crippen LogP contribution is -2.39. The molecule has 0 amide bonds. The van der Waals surface area contributed by atoms with Crippen molar-refractivity contribution >= 4 is 19.0 Å². The van der Waals surface area contributed by atoms with Crippen molar-refractivity contribution in [2.75, 3.05) is 11.1 Å². The maximum absolute atomic E-state index is 2.52. The molecule has 1 aliphatic heterocycles. The first-order chi connectivity index (χ1) is 10.0. The van der Waals surface area contributed by atoms with Gasteiger partial charge in [0.2, 0.25) is 0 Å². The van der Waals surface area contributed by atoms with Crippen molar-refractivity contribution in [1.29, 1.82) is 0 Å². The molecule has 0 nitrogen and oxygen atoms in total. The van der Waals surface area contributed by atoms with Crippen LogP contribution < -0.4 is 0 Å². The molecule has 1 heterocycles. The summed E-state index contributed by atoms with van der Waals surface area (Å²) in [7, 11) is -0.531. The lowest BCUT2D eigenvalue weighted by Gasteiger charge is -2.29. The standard InChI is InChI=1S/C19H25SSi/c1-21(2,3)15-20-14-13-16-9-7-8-12-18(16)19(20)17-10-5-4-6-11-17/h4-12,19H,13-15H2,1-3H3/q+1/t19-,20?/m0/s1. The van der Waals surface area contributed by atoms with E-state index in [4.69, 9.17) is 0 Å². The SMILES string of the molecule is C[Si](C)(C)C[S+]1CCc2ccccc2[C@@H]1c1ccccc1. The van der Waals surface area contributed by atoms with E-state index in [0.29, 0.717) is 16.1 Å². The molecule has 21 heavy (non-hydrogen) atoms. The molecule has 3 rings (SSSR count). The molecule has 2 aromatic carbocycles. The maximum Gasteiger partial charge on any atom is 0.168 e. The Labute approximate surface area is 133 Å². The van der Waals surface area contributed by atoms with Crippen molar-refractivity contribution in [3.8, 4) is 0 Å². The smallest absolute Gasteiger partial charge is 0.0653 e. The zero-order valence-corrected chi connectivity index (χ0v) is 15.1. The molecular formula is C19H25SSi+. The number of hydrogen-bond donors (Lipinski definition) is 0. The Morgan fingerprint density at radius 3 is 2.33 bits per heavy atom. The summed E-state index contributed by atoms with van der Waals surface area (Å²) in [6.07, 6.45) is 1.27. The van der Waals surface area contributed by atoms with E-state index in [1.165, 1.54) is 23.1 Å². The van der Waals surface area contributed by atoms with Gasteiger partial charge in [-0.15, -0.1) is 0 Å². The minimum Gasteiger partial charge on any atom is -0.0653 e. The summed E-state index contributed by atoms with van der Waals surface area (Å²) in [6, 6.07) is 20.3. The average Bonchev–Trinajstić information content (AvgIpc) is 2.46. The number of fused-ring (bicyclic) bond motifs is 1. The van der Waals surface area contributed by atoms with E-state index >= 15 is 0 Å². The second kappa shape index (κ2) is 6.02. The van der Waals surface area contributed by atoms with Gasteiger partial charge in [0.25, 0.3) is 0 Å². The highest BCUT2D eigenvalue weighted by Crippen LogP contribution is 2.39. The summed E-state index contributed by atoms with van der Waals surface area (Å²) in [6.45, 7) is 7.55. The third kappa shape index (κ3) is 3.43. The Balaban J connectivity index is 2.03. The van der Waals surface area contributed by atoms with E-state index in [1.807, 2.05) is 0 Å². The van der Waals surface area contributed by atoms with Crippen molar-refractivity contribution in [3.63, 3.8) is 0 Å². The molecule has 0 aromatic heterocycles. The Bertz CT molecular complexity index is 600. The molecule has 1 unspecified atom stereocenters. The zero-order valence-electron chi connectivity index (χ0n) is 13.3. The minimum absolute atomic E-state index is 0.497. The van der Waals surface area contributed by atoms with Crippen LogP contribution in [0.3, 0.4) is 0 Å². The molecule has 0 saturated carbocycles. The average molecular weight is 314 g/mol. The van der Waals surface area contributed by atoms with Crippen LogP contribution in [0.5, 0.6) is 0 Å². The molecule has 0 aliphatic carbocycles. The van der Waals surface area contributed by atoms with Gasteiger partial charge >= 0.3 is 0 Å². The van der Waals surface area contributed by atoms with Gasteiger partial charge in [-0.25, -0.2) is 0 Å². The summed E-state index contributed by atoms with van der Waals surface area (Å²) < 4.78 is 0. The van der Waals surface area contributed by atoms with Gasteiger partial charge in [0.05, 0.1) is 5.38 Å². The fourth-order valence-corrected chi connectivity index (χ4v) is 10.8. The Hall–Kier alpha value is -0.993. The lowest BCUT2D eigenvalue weighted by atomic mass is 9.97. The van der Waals surface area contributed by atoms with Crippen molar-refractivity contribution < 1.29 is 0 Å². The lowest BCUT2D eigenvalue weighted by molar-refractivity contribution is 0.997. The molecule has 2 heteroatoms. The number of rotatable bonds is 3. The first-order valence-corrected chi connectivity index (χ1v) is 13.2. The molecule has 0 bridgehead atoms. The second-order valence-corrected chi connectivity index (χ2v) is 15.4. The van der Waals surface area contributed by atoms with Crippen LogP contribution in [0.15, 0.2) is 54.6 Å². The zero-order chi connectivity index (χ0) is 14.9. The molecule has 110 valence electrons. The summed E-state index contributed by atoms with van der Waals surface area (Å²) in [4.78, 5) is 0. The molecule has 0 radical (unpaired) electrons. The van der Waals surface area contributed by atoms with Crippen molar-refractivity contribution in [3.05, 3.63) is 71.3 Å². The molecule has 0 fully saturated rings. The Kier molecular flexibility index (Phi) is 4.28. The second-order valence-electron chi connectivity index (χ2n) is 7.19. The van der Waals surface area contributed by atoms with Crippen LogP contribution in [-0.4, -0.2) is 19.2 Å². The summed E-state index contributed by atoms with van der Waals surface area (Å²) in [5.41, 5.74) is 4.69. The van der Waals surface area contributed by atoms with E-state index in [0.717, 1.165) is 0 Å². The highest BCUT2D eigenvalue weighted by atomic mass is 32.2. The van der Waals surface area contributed by atoms with E-state index in [2.05, 4.69) is 74.2 Å². The molecule has 1 aliphatic rings. The van der Waals surface area contributed by atoms with Crippen LogP contribution in [0.2, 0.25) is 19.6 Å². The van der Waals surface area contributed by atoms with E-state index < -0.39 is 8.07 Å². The minimum atomic E-state index is -1.03. The van der Waals surface area contributed by atoms with Crippen LogP contribution >= 0.6 is 0 Å². The Morgan fingerprint density at radius 1 is 0.952 bits per heavy atom. The Morgan fingerprint density at radius 2 is 1.62 bits per heavy atom. The quantitative estimate of drug-likeness (QED) is 0.562. The number of hydrogen-bond acceptors (Lipinski definition) is 0. The summed E-state index contributed by atoms with van der Waals surface area (Å²) >= 11 is 0. The van der Waals surface area contributed by atoms with Crippen molar-refractivity contribution in [2.24, 2.45) is 0 Å². The molecule has 0 saturated heterocycles. The van der Waals surface area contributed by atoms with Gasteiger partial charge in [-0.2, -0.15) is 0 Å². The van der Waals surface area contributed by atoms with Crippen LogP contribution in [0, 0.1) is 0 Å². The molecular weight excluding hydrogens is 288 g/mol. The third-order valence-electron chi connectivity index (χ3n) is 4.03. The summed E-state index contributed by atoms with van der Waals surface area (Å²) in [5, 5.41) is 2.09. The highest BCUT2D eigenvalue weighted by Gasteiger charge is 2.41. The van der Waals surface area contributed by atoms with E-state index in [-0.39, 0.29) is 0 Å². The van der Waals surface area contributed by atoms with E-state index in [9.17, 15) is 0 Å². The highest BCUT2D eigenvalue weighted by molar-refractivity contribution is 7.98. The van der Waals surface area contributed by atoms with Crippen LogP contribution in [0.25, 0.3) is 0 Å². The van der Waals surface area contributed by atoms with Gasteiger partial charge in [-0.05, 0) is 16.5 Å². The largest absolute Gasteiger partial charge is 0.168 e. The summed E-state index contributed by atoms with van der Waals surface area (Å²) in [5.74, 6) is 1.38. The number of aryl methyl sites for hydroxylation is 1. The van der Waals surface area contributed by atoms with Crippen molar-refractivity contribution in [2.45, 2.75) is 31.3 Å². The first-order valence-electron chi connectivity index (χ1n) is 7.84. The van der Waals surface area contributed by atoms with Gasteiger partial charge < -0.3 is 0 Å². The molecule has 0 spiro atoms. The van der Waals surface area contributed by atoms with Crippen molar-refractivity contribution in [1.82, 2.24) is 0 Å². The molecule has 2 aromatic rings. The van der Waals surface area contributed by atoms with Gasteiger partial charge in [0, 0.05) is 17.5 Å². The van der Waals surface area contributed by atoms with Gasteiger partial charge in [0.15, 0.2) is 5.25 Å². The van der Waals surface area contributed by atoms with Gasteiger partial charge in [0.1, 0.15) is 13.8 Å². The van der Waals surface area contributed by atoms with Crippen LogP contribution in [0.4, 0.5) is 0 Å². The predicted octanol–water partition coefficient (Wildman–Crippen LogP) is 4.83. The van der Waals surface area contributed by atoms with Gasteiger partial charge in [-0.1, -0.05) is 74.2 Å².